The van der Waals surface area contributed by atoms with Crippen molar-refractivity contribution >= 4 is 21.8 Å². The summed E-state index contributed by atoms with van der Waals surface area (Å²) in [7, 11) is -3.99. The van der Waals surface area contributed by atoms with Gasteiger partial charge < -0.3 is 10.2 Å². The molecule has 2 unspecified atom stereocenters. The summed E-state index contributed by atoms with van der Waals surface area (Å²) >= 11 is 0. The normalized spacial score (nSPS) is 16.9. The maximum absolute atomic E-state index is 14.0. The Balaban J connectivity index is 1.69. The smallest absolute Gasteiger partial charge is 0.251 e. The van der Waals surface area contributed by atoms with Gasteiger partial charge in [-0.25, -0.2) is 12.8 Å². The zero-order valence-electron chi connectivity index (χ0n) is 18.2. The van der Waals surface area contributed by atoms with Crippen LogP contribution in [0.15, 0.2) is 59.5 Å². The van der Waals surface area contributed by atoms with Crippen LogP contribution < -0.4 is 5.32 Å². The fraction of sp³-hybridized carbons (Fsp3) is 0.391. The first-order chi connectivity index (χ1) is 15.3. The number of piperazine rings is 1. The number of nitrogens with zero attached hydrogens (tertiary/aromatic N) is 2. The summed E-state index contributed by atoms with van der Waals surface area (Å²) in [5, 5.41) is 2.84. The summed E-state index contributed by atoms with van der Waals surface area (Å²) in [5.74, 6) is -1.47. The van der Waals surface area contributed by atoms with Crippen LogP contribution in [0.25, 0.3) is 0 Å². The minimum Gasteiger partial charge on any atom is -0.340 e. The van der Waals surface area contributed by atoms with Crippen molar-refractivity contribution < 1.29 is 22.4 Å². The van der Waals surface area contributed by atoms with Gasteiger partial charge in [0.15, 0.2) is 0 Å². The van der Waals surface area contributed by atoms with Crippen LogP contribution in [0.1, 0.15) is 30.6 Å². The molecule has 7 nitrogen and oxygen atoms in total. The second-order valence-electron chi connectivity index (χ2n) is 7.86. The molecular formula is C23H28FN3O4S. The highest BCUT2D eigenvalue weighted by Gasteiger charge is 2.35. The van der Waals surface area contributed by atoms with Gasteiger partial charge in [-0.05, 0) is 30.2 Å². The van der Waals surface area contributed by atoms with Crippen LogP contribution in [-0.2, 0) is 14.8 Å². The molecular weight excluding hydrogens is 433 g/mol. The molecule has 1 saturated heterocycles. The maximum Gasteiger partial charge on any atom is 0.251 e. The third-order valence-electron chi connectivity index (χ3n) is 5.81. The van der Waals surface area contributed by atoms with Crippen molar-refractivity contribution in [2.24, 2.45) is 5.92 Å². The third kappa shape index (κ3) is 5.16. The Morgan fingerprint density at radius 2 is 1.59 bits per heavy atom. The van der Waals surface area contributed by atoms with E-state index < -0.39 is 21.9 Å². The van der Waals surface area contributed by atoms with Gasteiger partial charge in [0, 0.05) is 31.7 Å². The Morgan fingerprint density at radius 1 is 1.00 bits per heavy atom. The van der Waals surface area contributed by atoms with Crippen LogP contribution >= 0.6 is 0 Å². The summed E-state index contributed by atoms with van der Waals surface area (Å²) in [4.78, 5) is 27.1. The average Bonchev–Trinajstić information content (AvgIpc) is 2.82. The summed E-state index contributed by atoms with van der Waals surface area (Å²) in [6, 6.07) is 13.2. The summed E-state index contributed by atoms with van der Waals surface area (Å²) in [6.07, 6.45) is 0.688. The fourth-order valence-corrected chi connectivity index (χ4v) is 5.12. The Labute approximate surface area is 188 Å². The number of amides is 2. The number of halogens is 1. The minimum atomic E-state index is -3.99. The van der Waals surface area contributed by atoms with E-state index in [1.165, 1.54) is 22.5 Å². The second-order valence-corrected chi connectivity index (χ2v) is 9.77. The maximum atomic E-state index is 14.0. The molecule has 1 fully saturated rings. The molecule has 1 heterocycles. The van der Waals surface area contributed by atoms with E-state index in [-0.39, 0.29) is 48.8 Å². The van der Waals surface area contributed by atoms with Gasteiger partial charge in [0.25, 0.3) is 5.91 Å². The van der Waals surface area contributed by atoms with E-state index in [0.717, 1.165) is 6.07 Å². The lowest BCUT2D eigenvalue weighted by atomic mass is 9.97. The number of hydrogen-bond donors (Lipinski definition) is 1. The molecule has 0 aromatic heterocycles. The highest BCUT2D eigenvalue weighted by atomic mass is 32.2. The second kappa shape index (κ2) is 10.2. The molecule has 1 N–H and O–H groups in total. The monoisotopic (exact) mass is 461 g/mol. The Morgan fingerprint density at radius 3 is 2.19 bits per heavy atom. The van der Waals surface area contributed by atoms with E-state index in [1.54, 1.807) is 29.2 Å². The van der Waals surface area contributed by atoms with Gasteiger partial charge in [0.1, 0.15) is 16.8 Å². The van der Waals surface area contributed by atoms with Gasteiger partial charge >= 0.3 is 0 Å². The molecule has 3 rings (SSSR count). The van der Waals surface area contributed by atoms with E-state index in [0.29, 0.717) is 12.0 Å². The first kappa shape index (κ1) is 23.9. The van der Waals surface area contributed by atoms with Crippen molar-refractivity contribution in [3.63, 3.8) is 0 Å². The number of carbonyl (C=O) groups is 2. The summed E-state index contributed by atoms with van der Waals surface area (Å²) in [6.45, 7) is 4.29. The molecule has 9 heteroatoms. The lowest BCUT2D eigenvalue weighted by Gasteiger charge is -2.37. The largest absolute Gasteiger partial charge is 0.340 e. The predicted octanol–water partition coefficient (Wildman–Crippen LogP) is 2.50. The number of sulfonamides is 1. The molecule has 2 amide bonds. The number of nitrogens with one attached hydrogen (secondary N) is 1. The lowest BCUT2D eigenvalue weighted by molar-refractivity contribution is -0.135. The molecule has 0 radical (unpaired) electrons. The van der Waals surface area contributed by atoms with E-state index in [2.05, 4.69) is 5.32 Å². The summed E-state index contributed by atoms with van der Waals surface area (Å²) in [5.41, 5.74) is 0.467. The lowest BCUT2D eigenvalue weighted by Crippen LogP contribution is -2.57. The first-order valence-corrected chi connectivity index (χ1v) is 12.1. The van der Waals surface area contributed by atoms with E-state index in [4.69, 9.17) is 0 Å². The van der Waals surface area contributed by atoms with Crippen LogP contribution in [0.2, 0.25) is 0 Å². The Bertz CT molecular complexity index is 1050. The van der Waals surface area contributed by atoms with Crippen LogP contribution in [-0.4, -0.2) is 61.7 Å². The standard InChI is InChI=1S/C23H28FN3O4S/c1-3-17(2)21(25-22(28)18-9-5-4-6-10-18)23(29)26-13-15-27(16-14-26)32(30,31)20-12-8-7-11-19(20)24/h4-12,17,21H,3,13-16H2,1-2H3,(H,25,28). The molecule has 2 atom stereocenters. The zero-order chi connectivity index (χ0) is 23.3. The van der Waals surface area contributed by atoms with Gasteiger partial charge in [-0.15, -0.1) is 0 Å². The van der Waals surface area contributed by atoms with Crippen LogP contribution in [0.4, 0.5) is 4.39 Å². The van der Waals surface area contributed by atoms with Crippen molar-refractivity contribution in [3.8, 4) is 0 Å². The number of carbonyl (C=O) groups excluding carboxylic acids is 2. The predicted molar refractivity (Wildman–Crippen MR) is 119 cm³/mol. The van der Waals surface area contributed by atoms with E-state index >= 15 is 0 Å². The van der Waals surface area contributed by atoms with Gasteiger partial charge in [-0.1, -0.05) is 50.6 Å². The minimum absolute atomic E-state index is 0.0578. The molecule has 1 aliphatic rings. The van der Waals surface area contributed by atoms with Crippen molar-refractivity contribution in [1.82, 2.24) is 14.5 Å². The number of benzene rings is 2. The highest BCUT2D eigenvalue weighted by Crippen LogP contribution is 2.21. The van der Waals surface area contributed by atoms with Crippen molar-refractivity contribution in [2.45, 2.75) is 31.2 Å². The third-order valence-corrected chi connectivity index (χ3v) is 7.74. The first-order valence-electron chi connectivity index (χ1n) is 10.6. The van der Waals surface area contributed by atoms with E-state index in [9.17, 15) is 22.4 Å². The molecule has 0 aliphatic carbocycles. The molecule has 0 bridgehead atoms. The molecule has 1 aliphatic heterocycles. The van der Waals surface area contributed by atoms with Gasteiger partial charge in [-0.2, -0.15) is 4.31 Å². The average molecular weight is 462 g/mol. The fourth-order valence-electron chi connectivity index (χ4n) is 3.64. The summed E-state index contributed by atoms with van der Waals surface area (Å²) < 4.78 is 40.8. The van der Waals surface area contributed by atoms with Crippen LogP contribution in [0, 0.1) is 11.7 Å². The van der Waals surface area contributed by atoms with Gasteiger partial charge in [0.05, 0.1) is 0 Å². The van der Waals surface area contributed by atoms with Crippen molar-refractivity contribution in [3.05, 3.63) is 66.0 Å². The molecule has 2 aromatic carbocycles. The van der Waals surface area contributed by atoms with Crippen LogP contribution in [0.5, 0.6) is 0 Å². The molecule has 172 valence electrons. The molecule has 0 saturated carbocycles. The zero-order valence-corrected chi connectivity index (χ0v) is 19.0. The van der Waals surface area contributed by atoms with Crippen molar-refractivity contribution in [1.29, 1.82) is 0 Å². The van der Waals surface area contributed by atoms with Gasteiger partial charge in [0.2, 0.25) is 15.9 Å². The Kier molecular flexibility index (Phi) is 7.63. The SMILES string of the molecule is CCC(C)C(NC(=O)c1ccccc1)C(=O)N1CCN(S(=O)(=O)c2ccccc2F)CC1. The number of hydrogen-bond acceptors (Lipinski definition) is 4. The van der Waals surface area contributed by atoms with Gasteiger partial charge in [-0.3, -0.25) is 9.59 Å². The topological polar surface area (TPSA) is 86.8 Å². The quantitative estimate of drug-likeness (QED) is 0.687. The highest BCUT2D eigenvalue weighted by molar-refractivity contribution is 7.89. The Hall–Kier alpha value is -2.78. The van der Waals surface area contributed by atoms with Crippen LogP contribution in [0.3, 0.4) is 0 Å². The molecule has 2 aromatic rings. The molecule has 0 spiro atoms. The number of rotatable bonds is 7. The molecule has 32 heavy (non-hydrogen) atoms. The van der Waals surface area contributed by atoms with E-state index in [1.807, 2.05) is 19.9 Å². The van der Waals surface area contributed by atoms with Crippen molar-refractivity contribution in [2.75, 3.05) is 26.2 Å².